The van der Waals surface area contributed by atoms with Gasteiger partial charge in [0, 0.05) is 12.6 Å². The third kappa shape index (κ3) is 2.22. The van der Waals surface area contributed by atoms with Gasteiger partial charge >= 0.3 is 0 Å². The zero-order valence-corrected chi connectivity index (χ0v) is 10.8. The number of ketones is 1. The molecule has 0 N–H and O–H groups in total. The molecule has 20 heavy (non-hydrogen) atoms. The van der Waals surface area contributed by atoms with Gasteiger partial charge < -0.3 is 0 Å². The number of hydrogen-bond donors (Lipinski definition) is 0. The van der Waals surface area contributed by atoms with Gasteiger partial charge in [0.25, 0.3) is 0 Å². The molecule has 0 saturated heterocycles. The van der Waals surface area contributed by atoms with E-state index in [9.17, 15) is 13.6 Å². The molecule has 0 aliphatic heterocycles. The second-order valence-corrected chi connectivity index (χ2v) is 5.02. The van der Waals surface area contributed by atoms with Crippen molar-refractivity contribution < 1.29 is 13.6 Å². The molecule has 2 aromatic rings. The van der Waals surface area contributed by atoms with Crippen molar-refractivity contribution in [2.24, 2.45) is 0 Å². The lowest BCUT2D eigenvalue weighted by molar-refractivity contribution is 0.0976. The minimum Gasteiger partial charge on any atom is -0.292 e. The molecular formula is C16H13F2NO. The summed E-state index contributed by atoms with van der Waals surface area (Å²) < 4.78 is 27.3. The summed E-state index contributed by atoms with van der Waals surface area (Å²) >= 11 is 0. The normalized spacial score (nSPS) is 18.5. The number of aromatic nitrogens is 1. The van der Waals surface area contributed by atoms with E-state index in [0.29, 0.717) is 30.5 Å². The molecule has 2 nitrogen and oxygen atoms in total. The third-order valence-electron chi connectivity index (χ3n) is 3.76. The highest BCUT2D eigenvalue weighted by Gasteiger charge is 2.26. The van der Waals surface area contributed by atoms with Gasteiger partial charge in [0.2, 0.25) is 0 Å². The van der Waals surface area contributed by atoms with E-state index in [1.54, 1.807) is 18.3 Å². The topological polar surface area (TPSA) is 30.0 Å². The number of nitrogens with zero attached hydrogens (tertiary/aromatic N) is 1. The van der Waals surface area contributed by atoms with E-state index >= 15 is 0 Å². The Bertz CT molecular complexity index is 669. The second kappa shape index (κ2) is 5.12. The van der Waals surface area contributed by atoms with Gasteiger partial charge in [0.15, 0.2) is 17.4 Å². The molecule has 0 radical (unpaired) electrons. The van der Waals surface area contributed by atoms with E-state index in [1.807, 2.05) is 6.07 Å². The fraction of sp³-hybridized carbons (Fsp3) is 0.250. The monoisotopic (exact) mass is 273 g/mol. The predicted octanol–water partition coefficient (Wildman–Crippen LogP) is 3.66. The molecule has 4 heteroatoms. The van der Waals surface area contributed by atoms with Gasteiger partial charge in [-0.25, -0.2) is 8.78 Å². The number of fused-ring (bicyclic) bond motifs is 1. The van der Waals surface area contributed by atoms with Crippen LogP contribution in [0.4, 0.5) is 8.78 Å². The number of pyridine rings is 1. The fourth-order valence-electron chi connectivity index (χ4n) is 2.75. The summed E-state index contributed by atoms with van der Waals surface area (Å²) in [7, 11) is 0. The highest BCUT2D eigenvalue weighted by atomic mass is 19.2. The summed E-state index contributed by atoms with van der Waals surface area (Å²) in [5, 5.41) is 0. The summed E-state index contributed by atoms with van der Waals surface area (Å²) in [6.45, 7) is 0. The Kier molecular flexibility index (Phi) is 3.30. The Labute approximate surface area is 115 Å². The van der Waals surface area contributed by atoms with Crippen LogP contribution in [0.25, 0.3) is 0 Å². The first kappa shape index (κ1) is 12.9. The van der Waals surface area contributed by atoms with E-state index in [2.05, 4.69) is 4.98 Å². The number of rotatable bonds is 1. The molecule has 102 valence electrons. The van der Waals surface area contributed by atoms with Crippen LogP contribution in [-0.2, 0) is 6.42 Å². The summed E-state index contributed by atoms with van der Waals surface area (Å²) in [6, 6.07) is 7.79. The van der Waals surface area contributed by atoms with Crippen molar-refractivity contribution in [3.8, 4) is 0 Å². The van der Waals surface area contributed by atoms with E-state index in [4.69, 9.17) is 0 Å². The lowest BCUT2D eigenvalue weighted by Gasteiger charge is -2.15. The standard InChI is InChI=1S/C16H13F2NO/c17-13-5-1-4-12(15(13)18)10-6-7-14(20)16-11(9-10)3-2-8-19-16/h1-5,8,10H,6-7,9H2/t10-/m1/s1. The summed E-state index contributed by atoms with van der Waals surface area (Å²) in [5.74, 6) is -1.87. The Morgan fingerprint density at radius 1 is 1.15 bits per heavy atom. The van der Waals surface area contributed by atoms with Crippen LogP contribution >= 0.6 is 0 Å². The lowest BCUT2D eigenvalue weighted by atomic mass is 9.90. The van der Waals surface area contributed by atoms with Gasteiger partial charge in [-0.2, -0.15) is 0 Å². The van der Waals surface area contributed by atoms with Gasteiger partial charge in [-0.1, -0.05) is 18.2 Å². The number of carbonyl (C=O) groups excluding carboxylic acids is 1. The first-order valence-electron chi connectivity index (χ1n) is 6.58. The molecule has 0 amide bonds. The van der Waals surface area contributed by atoms with Gasteiger partial charge in [0.1, 0.15) is 5.69 Å². The number of benzene rings is 1. The molecule has 1 aromatic carbocycles. The highest BCUT2D eigenvalue weighted by Crippen LogP contribution is 2.32. The summed E-state index contributed by atoms with van der Waals surface area (Å²) in [5.41, 5.74) is 1.62. The van der Waals surface area contributed by atoms with E-state index in [0.717, 1.165) is 11.6 Å². The van der Waals surface area contributed by atoms with E-state index in [-0.39, 0.29) is 11.7 Å². The first-order chi connectivity index (χ1) is 9.66. The molecule has 3 rings (SSSR count). The van der Waals surface area contributed by atoms with Crippen LogP contribution in [0.2, 0.25) is 0 Å². The van der Waals surface area contributed by atoms with Crippen molar-refractivity contribution in [1.82, 2.24) is 4.98 Å². The number of carbonyl (C=O) groups is 1. The fourth-order valence-corrected chi connectivity index (χ4v) is 2.75. The van der Waals surface area contributed by atoms with Crippen LogP contribution < -0.4 is 0 Å². The van der Waals surface area contributed by atoms with Gasteiger partial charge in [-0.3, -0.25) is 9.78 Å². The average molecular weight is 273 g/mol. The molecule has 1 aliphatic carbocycles. The van der Waals surface area contributed by atoms with E-state index in [1.165, 1.54) is 6.07 Å². The van der Waals surface area contributed by atoms with Crippen LogP contribution in [0.15, 0.2) is 36.5 Å². The van der Waals surface area contributed by atoms with Crippen LogP contribution in [0.5, 0.6) is 0 Å². The zero-order valence-electron chi connectivity index (χ0n) is 10.8. The minimum atomic E-state index is -0.843. The Morgan fingerprint density at radius 2 is 2.00 bits per heavy atom. The van der Waals surface area contributed by atoms with Gasteiger partial charge in [-0.15, -0.1) is 0 Å². The zero-order chi connectivity index (χ0) is 14.1. The third-order valence-corrected chi connectivity index (χ3v) is 3.76. The number of Topliss-reactive ketones (excluding diaryl/α,β-unsaturated/α-hetero) is 1. The quantitative estimate of drug-likeness (QED) is 0.742. The van der Waals surface area contributed by atoms with Crippen LogP contribution in [0.1, 0.15) is 40.4 Å². The Balaban J connectivity index is 2.01. The predicted molar refractivity (Wildman–Crippen MR) is 70.6 cm³/mol. The Hall–Kier alpha value is -2.10. The SMILES string of the molecule is O=C1CC[C@@H](c2cccc(F)c2F)Cc2cccnc21. The molecule has 0 bridgehead atoms. The van der Waals surface area contributed by atoms with Gasteiger partial charge in [-0.05, 0) is 42.0 Å². The lowest BCUT2D eigenvalue weighted by Crippen LogP contribution is -2.06. The van der Waals surface area contributed by atoms with Crippen LogP contribution in [0.3, 0.4) is 0 Å². The molecule has 1 heterocycles. The number of halogens is 2. The maximum absolute atomic E-state index is 13.9. The smallest absolute Gasteiger partial charge is 0.181 e. The first-order valence-corrected chi connectivity index (χ1v) is 6.58. The molecule has 0 saturated carbocycles. The summed E-state index contributed by atoms with van der Waals surface area (Å²) in [6.07, 6.45) is 2.91. The maximum atomic E-state index is 13.9. The van der Waals surface area contributed by atoms with Crippen molar-refractivity contribution >= 4 is 5.78 Å². The number of hydrogen-bond acceptors (Lipinski definition) is 2. The van der Waals surface area contributed by atoms with Crippen LogP contribution in [-0.4, -0.2) is 10.8 Å². The highest BCUT2D eigenvalue weighted by molar-refractivity contribution is 5.96. The molecule has 1 atom stereocenters. The minimum absolute atomic E-state index is 0.0279. The van der Waals surface area contributed by atoms with Crippen molar-refractivity contribution in [3.63, 3.8) is 0 Å². The molecule has 1 aliphatic rings. The van der Waals surface area contributed by atoms with Crippen molar-refractivity contribution in [2.45, 2.75) is 25.2 Å². The maximum Gasteiger partial charge on any atom is 0.181 e. The average Bonchev–Trinajstić information content (AvgIpc) is 2.62. The molecule has 0 spiro atoms. The molecular weight excluding hydrogens is 260 g/mol. The summed E-state index contributed by atoms with van der Waals surface area (Å²) in [4.78, 5) is 16.1. The molecule has 0 unspecified atom stereocenters. The van der Waals surface area contributed by atoms with Gasteiger partial charge in [0.05, 0.1) is 0 Å². The van der Waals surface area contributed by atoms with E-state index < -0.39 is 11.6 Å². The Morgan fingerprint density at radius 3 is 2.85 bits per heavy atom. The van der Waals surface area contributed by atoms with Crippen molar-refractivity contribution in [2.75, 3.05) is 0 Å². The van der Waals surface area contributed by atoms with Crippen molar-refractivity contribution in [3.05, 3.63) is 65.0 Å². The second-order valence-electron chi connectivity index (χ2n) is 5.02. The largest absolute Gasteiger partial charge is 0.292 e. The molecule has 1 aromatic heterocycles. The molecule has 0 fully saturated rings. The van der Waals surface area contributed by atoms with Crippen LogP contribution in [0, 0.1) is 11.6 Å². The van der Waals surface area contributed by atoms with Crippen molar-refractivity contribution in [1.29, 1.82) is 0 Å².